The number of ether oxygens (including phenoxy) is 2. The number of aliphatic hydroxyl groups is 1. The summed E-state index contributed by atoms with van der Waals surface area (Å²) in [6.07, 6.45) is 3.93. The Kier molecular flexibility index (Phi) is 11.7. The molecule has 0 spiro atoms. The lowest BCUT2D eigenvalue weighted by Gasteiger charge is -2.24. The van der Waals surface area contributed by atoms with Gasteiger partial charge < -0.3 is 25.6 Å². The molecule has 0 radical (unpaired) electrons. The van der Waals surface area contributed by atoms with Crippen LogP contribution in [0.4, 0.5) is 4.79 Å². The summed E-state index contributed by atoms with van der Waals surface area (Å²) < 4.78 is 10.3. The number of alkyl carbamates (subject to hydrolysis) is 1. The summed E-state index contributed by atoms with van der Waals surface area (Å²) in [4.78, 5) is 23.9. The average molecular weight is 388 g/mol. The van der Waals surface area contributed by atoms with E-state index in [0.717, 1.165) is 25.7 Å². The Morgan fingerprint density at radius 3 is 2.30 bits per heavy atom. The van der Waals surface area contributed by atoms with Crippen LogP contribution in [0.25, 0.3) is 0 Å². The van der Waals surface area contributed by atoms with Crippen LogP contribution in [0.5, 0.6) is 0 Å². The van der Waals surface area contributed by atoms with E-state index < -0.39 is 24.1 Å². The van der Waals surface area contributed by atoms with Crippen LogP contribution in [0, 0.1) is 16.2 Å². The molecule has 0 aromatic carbocycles. The highest BCUT2D eigenvalue weighted by Gasteiger charge is 2.36. The minimum absolute atomic E-state index is 0.147. The number of aliphatic hydroxyl groups excluding tert-OH is 1. The molecule has 0 aromatic rings. The van der Waals surface area contributed by atoms with Crippen LogP contribution in [-0.4, -0.2) is 49.4 Å². The second-order valence-electron chi connectivity index (χ2n) is 8.36. The number of carbonyl (C=O) groups is 2. The number of rotatable bonds is 13. The smallest absolute Gasteiger partial charge is 0.407 e. The summed E-state index contributed by atoms with van der Waals surface area (Å²) in [6.45, 7) is 7.87. The molecule has 0 heterocycles. The van der Waals surface area contributed by atoms with Gasteiger partial charge in [0.05, 0.1) is 19.0 Å². The molecule has 0 aliphatic heterocycles. The number of amidine groups is 1. The number of nitrogens with two attached hydrogens (primary N) is 1. The highest BCUT2D eigenvalue weighted by molar-refractivity contribution is 5.77. The Labute approximate surface area is 162 Å². The summed E-state index contributed by atoms with van der Waals surface area (Å²) in [5.41, 5.74) is 4.18. The van der Waals surface area contributed by atoms with Crippen molar-refractivity contribution in [2.75, 3.05) is 26.4 Å². The van der Waals surface area contributed by atoms with E-state index >= 15 is 0 Å². The number of esters is 1. The molecular formula is C19H37N3O5. The highest BCUT2D eigenvalue weighted by atomic mass is 16.6. The van der Waals surface area contributed by atoms with Gasteiger partial charge in [-0.2, -0.15) is 0 Å². The molecule has 0 saturated heterocycles. The molecule has 0 aliphatic rings. The van der Waals surface area contributed by atoms with Gasteiger partial charge in [-0.05, 0) is 44.4 Å². The van der Waals surface area contributed by atoms with Gasteiger partial charge in [0.15, 0.2) is 0 Å². The molecule has 0 saturated carbocycles. The number of carbonyl (C=O) groups excluding carboxylic acids is 2. The van der Waals surface area contributed by atoms with Crippen molar-refractivity contribution in [1.29, 1.82) is 5.41 Å². The van der Waals surface area contributed by atoms with Crippen LogP contribution in [0.15, 0.2) is 0 Å². The first-order chi connectivity index (χ1) is 12.5. The van der Waals surface area contributed by atoms with E-state index in [-0.39, 0.29) is 24.5 Å². The first-order valence-corrected chi connectivity index (χ1v) is 9.52. The molecule has 8 nitrogen and oxygen atoms in total. The molecule has 0 aromatic heterocycles. The Morgan fingerprint density at radius 2 is 1.74 bits per heavy atom. The van der Waals surface area contributed by atoms with E-state index in [9.17, 15) is 14.7 Å². The van der Waals surface area contributed by atoms with Gasteiger partial charge in [-0.1, -0.05) is 20.8 Å². The van der Waals surface area contributed by atoms with Crippen molar-refractivity contribution in [2.45, 2.75) is 66.2 Å². The quantitative estimate of drug-likeness (QED) is 0.166. The van der Waals surface area contributed by atoms with E-state index in [4.69, 9.17) is 20.6 Å². The normalized spacial score (nSPS) is 13.5. The number of hydrogen-bond donors (Lipinski definition) is 4. The number of nitrogens with one attached hydrogen (secondary N) is 2. The molecule has 0 rings (SSSR count). The minimum atomic E-state index is -1.29. The lowest BCUT2D eigenvalue weighted by Crippen LogP contribution is -2.40. The van der Waals surface area contributed by atoms with E-state index in [1.54, 1.807) is 0 Å². The van der Waals surface area contributed by atoms with Gasteiger partial charge in [-0.25, -0.2) is 4.79 Å². The second-order valence-corrected chi connectivity index (χ2v) is 8.36. The zero-order valence-corrected chi connectivity index (χ0v) is 17.2. The van der Waals surface area contributed by atoms with Crippen molar-refractivity contribution >= 4 is 17.9 Å². The molecule has 1 amide bonds. The zero-order valence-electron chi connectivity index (χ0n) is 17.2. The first-order valence-electron chi connectivity index (χ1n) is 9.52. The molecule has 158 valence electrons. The maximum atomic E-state index is 12.2. The van der Waals surface area contributed by atoms with E-state index in [1.807, 2.05) is 0 Å². The molecule has 0 aliphatic carbocycles. The average Bonchev–Trinajstić information content (AvgIpc) is 2.58. The largest absolute Gasteiger partial charge is 0.465 e. The Balaban J connectivity index is 4.09. The van der Waals surface area contributed by atoms with Crippen molar-refractivity contribution < 1.29 is 24.2 Å². The van der Waals surface area contributed by atoms with Crippen LogP contribution in [0.3, 0.4) is 0 Å². The number of hydrogen-bond acceptors (Lipinski definition) is 6. The summed E-state index contributed by atoms with van der Waals surface area (Å²) >= 11 is 0. The predicted octanol–water partition coefficient (Wildman–Crippen LogP) is 2.58. The highest BCUT2D eigenvalue weighted by Crippen LogP contribution is 2.20. The number of amides is 1. The van der Waals surface area contributed by atoms with Crippen LogP contribution in [0.2, 0.25) is 0 Å². The third-order valence-electron chi connectivity index (χ3n) is 4.06. The van der Waals surface area contributed by atoms with Gasteiger partial charge in [-0.15, -0.1) is 0 Å². The molecule has 1 unspecified atom stereocenters. The molecule has 1 atom stereocenters. The zero-order chi connectivity index (χ0) is 20.9. The van der Waals surface area contributed by atoms with E-state index in [2.05, 4.69) is 26.1 Å². The van der Waals surface area contributed by atoms with E-state index in [1.165, 1.54) is 6.92 Å². The van der Waals surface area contributed by atoms with Gasteiger partial charge in [0.2, 0.25) is 0 Å². The SMILES string of the molecule is CC(C)(C)CCCNC(=O)OCC(C)(CO)C(=O)OCCCCCC(=N)N. The maximum Gasteiger partial charge on any atom is 0.407 e. The van der Waals surface area contributed by atoms with Gasteiger partial charge in [0.1, 0.15) is 12.0 Å². The summed E-state index contributed by atoms with van der Waals surface area (Å²) in [5.74, 6) is -0.453. The Hall–Kier alpha value is -1.83. The fourth-order valence-electron chi connectivity index (χ4n) is 2.19. The van der Waals surface area contributed by atoms with Crippen molar-refractivity contribution in [3.8, 4) is 0 Å². The van der Waals surface area contributed by atoms with Crippen molar-refractivity contribution in [3.05, 3.63) is 0 Å². The Morgan fingerprint density at radius 1 is 1.07 bits per heavy atom. The van der Waals surface area contributed by atoms with Crippen molar-refractivity contribution in [1.82, 2.24) is 5.32 Å². The summed E-state index contributed by atoms with van der Waals surface area (Å²) in [6, 6.07) is 0. The number of unbranched alkanes of at least 4 members (excludes halogenated alkanes) is 2. The van der Waals surface area contributed by atoms with E-state index in [0.29, 0.717) is 19.4 Å². The topological polar surface area (TPSA) is 135 Å². The molecule has 27 heavy (non-hydrogen) atoms. The lowest BCUT2D eigenvalue weighted by molar-refractivity contribution is -0.160. The third-order valence-corrected chi connectivity index (χ3v) is 4.06. The standard InChI is InChI=1S/C19H37N3O5/c1-18(2,3)10-8-11-22-17(25)27-14-19(4,13-23)16(24)26-12-7-5-6-9-15(20)21/h23H,5-14H2,1-4H3,(H3,20,21)(H,22,25). The van der Waals surface area contributed by atoms with Crippen LogP contribution in [-0.2, 0) is 14.3 Å². The van der Waals surface area contributed by atoms with Crippen molar-refractivity contribution in [2.24, 2.45) is 16.6 Å². The molecule has 0 bridgehead atoms. The van der Waals surface area contributed by atoms with Crippen molar-refractivity contribution in [3.63, 3.8) is 0 Å². The van der Waals surface area contributed by atoms with Gasteiger partial charge in [-0.3, -0.25) is 10.2 Å². The molecule has 0 fully saturated rings. The molecule has 5 N–H and O–H groups in total. The lowest BCUT2D eigenvalue weighted by atomic mass is 9.91. The fraction of sp³-hybridized carbons (Fsp3) is 0.842. The van der Waals surface area contributed by atoms with Gasteiger partial charge >= 0.3 is 12.1 Å². The third kappa shape index (κ3) is 13.1. The first kappa shape index (κ1) is 25.2. The maximum absolute atomic E-state index is 12.2. The molecular weight excluding hydrogens is 350 g/mol. The monoisotopic (exact) mass is 387 g/mol. The minimum Gasteiger partial charge on any atom is -0.465 e. The second kappa shape index (κ2) is 12.5. The van der Waals surface area contributed by atoms with Crippen LogP contribution in [0.1, 0.15) is 66.2 Å². The van der Waals surface area contributed by atoms with Gasteiger partial charge in [0.25, 0.3) is 0 Å². The van der Waals surface area contributed by atoms with Crippen LogP contribution < -0.4 is 11.1 Å². The summed E-state index contributed by atoms with van der Waals surface area (Å²) in [5, 5.41) is 19.3. The predicted molar refractivity (Wildman–Crippen MR) is 105 cm³/mol. The fourth-order valence-corrected chi connectivity index (χ4v) is 2.19. The summed E-state index contributed by atoms with van der Waals surface area (Å²) in [7, 11) is 0. The Bertz CT molecular complexity index is 476. The van der Waals surface area contributed by atoms with Gasteiger partial charge in [0, 0.05) is 13.0 Å². The van der Waals surface area contributed by atoms with Crippen LogP contribution >= 0.6 is 0 Å². The molecule has 8 heteroatoms.